The van der Waals surface area contributed by atoms with Gasteiger partial charge in [-0.2, -0.15) is 5.10 Å². The molecule has 2 aromatic heterocycles. The number of fused-ring (bicyclic) bond motifs is 1. The Morgan fingerprint density at radius 3 is 3.08 bits per heavy atom. The third-order valence-corrected chi connectivity index (χ3v) is 1.99. The van der Waals surface area contributed by atoms with E-state index in [1.807, 2.05) is 13.0 Å². The molecule has 0 spiro atoms. The molecule has 2 rings (SSSR count). The minimum absolute atomic E-state index is 0.234. The predicted octanol–water partition coefficient (Wildman–Crippen LogP) is 0.288. The normalized spacial score (nSPS) is 10.9. The van der Waals surface area contributed by atoms with Crippen LogP contribution in [0.15, 0.2) is 10.9 Å². The van der Waals surface area contributed by atoms with Crippen LogP contribution in [-0.2, 0) is 6.42 Å². The first-order valence-electron chi connectivity index (χ1n) is 4.16. The van der Waals surface area contributed by atoms with Gasteiger partial charge >= 0.3 is 5.69 Å². The lowest BCUT2D eigenvalue weighted by Crippen LogP contribution is -2.13. The van der Waals surface area contributed by atoms with Gasteiger partial charge in [-0.25, -0.2) is 19.3 Å². The number of aromatic nitrogens is 4. The zero-order chi connectivity index (χ0) is 9.42. The van der Waals surface area contributed by atoms with Crippen LogP contribution in [0.4, 0.5) is 0 Å². The summed E-state index contributed by atoms with van der Waals surface area (Å²) in [6, 6.07) is 1.81. The largest absolute Gasteiger partial charge is 0.349 e. The fraction of sp³-hybridized carbons (Fsp3) is 0.375. The summed E-state index contributed by atoms with van der Waals surface area (Å²) in [4.78, 5) is 15.5. The fourth-order valence-corrected chi connectivity index (χ4v) is 1.34. The summed E-state index contributed by atoms with van der Waals surface area (Å²) in [6.45, 7) is 3.81. The molecule has 13 heavy (non-hydrogen) atoms. The van der Waals surface area contributed by atoms with Crippen LogP contribution in [0, 0.1) is 6.92 Å². The molecule has 0 radical (unpaired) electrons. The molecule has 0 atom stereocenters. The molecule has 0 saturated heterocycles. The molecule has 2 aromatic rings. The lowest BCUT2D eigenvalue weighted by molar-refractivity contribution is 0.894. The van der Waals surface area contributed by atoms with Crippen molar-refractivity contribution >= 4 is 5.65 Å². The van der Waals surface area contributed by atoms with E-state index in [9.17, 15) is 4.79 Å². The van der Waals surface area contributed by atoms with E-state index in [4.69, 9.17) is 0 Å². The highest BCUT2D eigenvalue weighted by molar-refractivity contribution is 5.38. The van der Waals surface area contributed by atoms with Crippen molar-refractivity contribution in [2.24, 2.45) is 0 Å². The molecule has 0 fully saturated rings. The maximum Gasteiger partial charge on any atom is 0.349 e. The number of aryl methyl sites for hydroxylation is 2. The van der Waals surface area contributed by atoms with Crippen LogP contribution in [0.3, 0.4) is 0 Å². The van der Waals surface area contributed by atoms with Crippen molar-refractivity contribution in [2.75, 3.05) is 0 Å². The first-order chi connectivity index (χ1) is 6.22. The van der Waals surface area contributed by atoms with Crippen LogP contribution < -0.4 is 5.69 Å². The first-order valence-corrected chi connectivity index (χ1v) is 4.16. The van der Waals surface area contributed by atoms with Gasteiger partial charge < -0.3 is 0 Å². The molecular formula is C8H10N4O. The number of nitrogens with one attached hydrogen (secondary N) is 1. The lowest BCUT2D eigenvalue weighted by Gasteiger charge is -1.99. The Balaban J connectivity index is 2.87. The van der Waals surface area contributed by atoms with E-state index in [0.717, 1.165) is 12.1 Å². The van der Waals surface area contributed by atoms with Gasteiger partial charge in [0.25, 0.3) is 0 Å². The van der Waals surface area contributed by atoms with E-state index in [2.05, 4.69) is 15.2 Å². The van der Waals surface area contributed by atoms with Crippen LogP contribution >= 0.6 is 0 Å². The summed E-state index contributed by atoms with van der Waals surface area (Å²) >= 11 is 0. The third-order valence-electron chi connectivity index (χ3n) is 1.99. The standard InChI is InChI=1S/C8H10N4O/c1-3-6-4-7-10-11-8(13)12(7)5(2)9-6/h4H,3H2,1-2H3,(H,11,13). The van der Waals surface area contributed by atoms with Crippen molar-refractivity contribution in [3.8, 4) is 0 Å². The average molecular weight is 178 g/mol. The second-order valence-corrected chi connectivity index (χ2v) is 2.87. The van der Waals surface area contributed by atoms with Gasteiger partial charge in [0.05, 0.1) is 0 Å². The van der Waals surface area contributed by atoms with Gasteiger partial charge in [0.2, 0.25) is 0 Å². The number of hydrogen-bond acceptors (Lipinski definition) is 3. The molecule has 0 aromatic carbocycles. The second-order valence-electron chi connectivity index (χ2n) is 2.87. The van der Waals surface area contributed by atoms with Crippen molar-refractivity contribution in [3.05, 3.63) is 28.1 Å². The van der Waals surface area contributed by atoms with Crippen molar-refractivity contribution in [1.82, 2.24) is 19.6 Å². The van der Waals surface area contributed by atoms with Crippen molar-refractivity contribution in [1.29, 1.82) is 0 Å². The number of rotatable bonds is 1. The Kier molecular flexibility index (Phi) is 1.65. The second kappa shape index (κ2) is 2.69. The minimum atomic E-state index is -0.234. The molecule has 0 bridgehead atoms. The summed E-state index contributed by atoms with van der Waals surface area (Å²) < 4.78 is 1.46. The SMILES string of the molecule is CCc1cc2n[nH]c(=O)n2c(C)n1. The summed E-state index contributed by atoms with van der Waals surface area (Å²) in [5, 5.41) is 6.26. The highest BCUT2D eigenvalue weighted by Gasteiger charge is 2.04. The highest BCUT2D eigenvalue weighted by Crippen LogP contribution is 2.02. The lowest BCUT2D eigenvalue weighted by atomic mass is 10.3. The Morgan fingerprint density at radius 2 is 2.38 bits per heavy atom. The van der Waals surface area contributed by atoms with E-state index in [1.165, 1.54) is 4.40 Å². The molecule has 0 aliphatic carbocycles. The van der Waals surface area contributed by atoms with Crippen molar-refractivity contribution < 1.29 is 0 Å². The maximum absolute atomic E-state index is 11.2. The molecule has 5 heteroatoms. The Labute approximate surface area is 74.4 Å². The van der Waals surface area contributed by atoms with Crippen LogP contribution in [-0.4, -0.2) is 19.6 Å². The van der Waals surface area contributed by atoms with Crippen molar-refractivity contribution in [3.63, 3.8) is 0 Å². The zero-order valence-electron chi connectivity index (χ0n) is 7.53. The summed E-state index contributed by atoms with van der Waals surface area (Å²) in [5.74, 6) is 0.674. The van der Waals surface area contributed by atoms with E-state index >= 15 is 0 Å². The molecule has 1 N–H and O–H groups in total. The molecule has 5 nitrogen and oxygen atoms in total. The van der Waals surface area contributed by atoms with Gasteiger partial charge in [-0.3, -0.25) is 0 Å². The van der Waals surface area contributed by atoms with Crippen LogP contribution in [0.5, 0.6) is 0 Å². The summed E-state index contributed by atoms with van der Waals surface area (Å²) in [7, 11) is 0. The smallest absolute Gasteiger partial charge is 0.246 e. The Hall–Kier alpha value is -1.65. The number of H-pyrrole nitrogens is 1. The zero-order valence-corrected chi connectivity index (χ0v) is 7.53. The summed E-state index contributed by atoms with van der Waals surface area (Å²) in [5.41, 5.74) is 1.35. The van der Waals surface area contributed by atoms with E-state index in [0.29, 0.717) is 11.5 Å². The molecule has 0 aliphatic rings. The van der Waals surface area contributed by atoms with E-state index < -0.39 is 0 Å². The van der Waals surface area contributed by atoms with E-state index in [1.54, 1.807) is 6.92 Å². The van der Waals surface area contributed by atoms with Crippen LogP contribution in [0.25, 0.3) is 5.65 Å². The molecule has 68 valence electrons. The Bertz CT molecular complexity index is 496. The van der Waals surface area contributed by atoms with Crippen LogP contribution in [0.1, 0.15) is 18.4 Å². The van der Waals surface area contributed by atoms with Gasteiger partial charge in [0.15, 0.2) is 5.65 Å². The van der Waals surface area contributed by atoms with Crippen molar-refractivity contribution in [2.45, 2.75) is 20.3 Å². The van der Waals surface area contributed by atoms with Gasteiger partial charge in [0, 0.05) is 11.8 Å². The molecule has 0 amide bonds. The number of nitrogens with zero attached hydrogens (tertiary/aromatic N) is 3. The number of hydrogen-bond donors (Lipinski definition) is 1. The topological polar surface area (TPSA) is 63.0 Å². The fourth-order valence-electron chi connectivity index (χ4n) is 1.34. The monoisotopic (exact) mass is 178 g/mol. The highest BCUT2D eigenvalue weighted by atomic mass is 16.1. The molecular weight excluding hydrogens is 168 g/mol. The Morgan fingerprint density at radius 1 is 1.62 bits per heavy atom. The average Bonchev–Trinajstić information content (AvgIpc) is 2.48. The maximum atomic E-state index is 11.2. The number of aromatic amines is 1. The van der Waals surface area contributed by atoms with Gasteiger partial charge in [0.1, 0.15) is 5.82 Å². The molecule has 0 aliphatic heterocycles. The predicted molar refractivity (Wildman–Crippen MR) is 47.7 cm³/mol. The molecule has 0 unspecified atom stereocenters. The van der Waals surface area contributed by atoms with Gasteiger partial charge in [-0.1, -0.05) is 6.92 Å². The first kappa shape index (κ1) is 7.97. The molecule has 2 heterocycles. The summed E-state index contributed by atoms with van der Waals surface area (Å²) in [6.07, 6.45) is 0.846. The molecule has 0 saturated carbocycles. The third kappa shape index (κ3) is 1.12. The van der Waals surface area contributed by atoms with Gasteiger partial charge in [-0.05, 0) is 13.3 Å². The quantitative estimate of drug-likeness (QED) is 0.682. The van der Waals surface area contributed by atoms with E-state index in [-0.39, 0.29) is 5.69 Å². The van der Waals surface area contributed by atoms with Crippen LogP contribution in [0.2, 0.25) is 0 Å². The minimum Gasteiger partial charge on any atom is -0.246 e. The van der Waals surface area contributed by atoms with Gasteiger partial charge in [-0.15, -0.1) is 0 Å².